The van der Waals surface area contributed by atoms with Gasteiger partial charge in [0.25, 0.3) is 5.56 Å². The first-order valence-electron chi connectivity index (χ1n) is 4.66. The van der Waals surface area contributed by atoms with Gasteiger partial charge in [0.15, 0.2) is 5.16 Å². The fourth-order valence-corrected chi connectivity index (χ4v) is 2.85. The van der Waals surface area contributed by atoms with E-state index in [1.165, 1.54) is 23.9 Å². The van der Waals surface area contributed by atoms with Crippen molar-refractivity contribution in [2.45, 2.75) is 5.16 Å². The van der Waals surface area contributed by atoms with Crippen molar-refractivity contribution in [2.75, 3.05) is 5.75 Å². The van der Waals surface area contributed by atoms with Gasteiger partial charge in [-0.1, -0.05) is 35.0 Å². The lowest BCUT2D eigenvalue weighted by Crippen LogP contribution is -2.25. The SMILES string of the molecule is O=C1CSc2nc3cc(Cl)c(Cl)cc3c(=O)n21. The summed E-state index contributed by atoms with van der Waals surface area (Å²) in [4.78, 5) is 27.8. The highest BCUT2D eigenvalue weighted by atomic mass is 35.5. The number of hydrogen-bond donors (Lipinski definition) is 0. The van der Waals surface area contributed by atoms with Crippen LogP contribution in [0.25, 0.3) is 10.9 Å². The van der Waals surface area contributed by atoms with Crippen molar-refractivity contribution in [2.24, 2.45) is 0 Å². The summed E-state index contributed by atoms with van der Waals surface area (Å²) in [7, 11) is 0. The van der Waals surface area contributed by atoms with E-state index in [2.05, 4.69) is 4.98 Å². The largest absolute Gasteiger partial charge is 0.273 e. The standard InChI is InChI=1S/C10H4Cl2N2O2S/c11-5-1-4-7(2-6(5)12)13-10-14(9(4)16)8(15)3-17-10/h1-2H,3H2. The molecule has 86 valence electrons. The molecule has 1 aliphatic heterocycles. The van der Waals surface area contributed by atoms with Crippen molar-refractivity contribution < 1.29 is 4.79 Å². The second kappa shape index (κ2) is 3.73. The van der Waals surface area contributed by atoms with E-state index in [0.29, 0.717) is 21.1 Å². The first-order valence-corrected chi connectivity index (χ1v) is 6.40. The van der Waals surface area contributed by atoms with Crippen LogP contribution >= 0.6 is 35.0 Å². The second-order valence-corrected chi connectivity index (χ2v) is 5.26. The van der Waals surface area contributed by atoms with Crippen molar-refractivity contribution in [3.8, 4) is 0 Å². The molecule has 1 aromatic carbocycles. The molecule has 0 bridgehead atoms. The van der Waals surface area contributed by atoms with E-state index in [1.807, 2.05) is 0 Å². The monoisotopic (exact) mass is 286 g/mol. The molecule has 7 heteroatoms. The minimum atomic E-state index is -0.390. The van der Waals surface area contributed by atoms with E-state index in [1.54, 1.807) is 0 Å². The Labute approximate surface area is 110 Å². The number of fused-ring (bicyclic) bond motifs is 2. The van der Waals surface area contributed by atoms with E-state index >= 15 is 0 Å². The summed E-state index contributed by atoms with van der Waals surface area (Å²) in [6.45, 7) is 0. The number of carbonyl (C=O) groups excluding carboxylic acids is 1. The molecule has 0 fully saturated rings. The highest BCUT2D eigenvalue weighted by molar-refractivity contribution is 8.00. The first-order chi connectivity index (χ1) is 8.08. The van der Waals surface area contributed by atoms with Crippen molar-refractivity contribution in [3.63, 3.8) is 0 Å². The van der Waals surface area contributed by atoms with Gasteiger partial charge < -0.3 is 0 Å². The summed E-state index contributed by atoms with van der Waals surface area (Å²) in [6, 6.07) is 2.98. The van der Waals surface area contributed by atoms with Crippen LogP contribution in [0, 0.1) is 0 Å². The molecule has 0 aliphatic carbocycles. The average Bonchev–Trinajstić information content (AvgIpc) is 2.64. The van der Waals surface area contributed by atoms with Gasteiger partial charge in [0, 0.05) is 0 Å². The van der Waals surface area contributed by atoms with Gasteiger partial charge >= 0.3 is 0 Å². The molecule has 2 heterocycles. The van der Waals surface area contributed by atoms with Crippen LogP contribution in [-0.2, 0) is 0 Å². The summed E-state index contributed by atoms with van der Waals surface area (Å²) in [5.74, 6) is -0.0181. The number of benzene rings is 1. The second-order valence-electron chi connectivity index (χ2n) is 3.50. The normalized spacial score (nSPS) is 14.4. The molecule has 0 saturated carbocycles. The van der Waals surface area contributed by atoms with E-state index in [4.69, 9.17) is 23.2 Å². The number of hydrogen-bond acceptors (Lipinski definition) is 4. The summed E-state index contributed by atoms with van der Waals surface area (Å²) in [5, 5.41) is 1.33. The predicted octanol–water partition coefficient (Wildman–Crippen LogP) is 2.45. The zero-order valence-corrected chi connectivity index (χ0v) is 10.6. The van der Waals surface area contributed by atoms with Crippen LogP contribution in [0.2, 0.25) is 10.0 Å². The van der Waals surface area contributed by atoms with Crippen molar-refractivity contribution in [1.29, 1.82) is 0 Å². The first kappa shape index (κ1) is 11.1. The van der Waals surface area contributed by atoms with Gasteiger partial charge in [-0.2, -0.15) is 0 Å². The highest BCUT2D eigenvalue weighted by Crippen LogP contribution is 2.28. The molecule has 0 N–H and O–H groups in total. The topological polar surface area (TPSA) is 52.0 Å². The third-order valence-corrected chi connectivity index (χ3v) is 4.10. The maximum Gasteiger partial charge on any atom is 0.268 e. The zero-order valence-electron chi connectivity index (χ0n) is 8.24. The zero-order chi connectivity index (χ0) is 12.2. The number of thioether (sulfide) groups is 1. The molecular weight excluding hydrogens is 283 g/mol. The lowest BCUT2D eigenvalue weighted by molar-refractivity contribution is 0.0934. The Morgan fingerprint density at radius 2 is 1.94 bits per heavy atom. The molecule has 2 aromatic rings. The minimum absolute atomic E-state index is 0.236. The summed E-state index contributed by atoms with van der Waals surface area (Å²) < 4.78 is 1.08. The molecule has 0 spiro atoms. The molecule has 3 rings (SSSR count). The number of nitrogens with zero attached hydrogens (tertiary/aromatic N) is 2. The Morgan fingerprint density at radius 1 is 1.24 bits per heavy atom. The number of rotatable bonds is 0. The summed E-state index contributed by atoms with van der Waals surface area (Å²) >= 11 is 13.0. The van der Waals surface area contributed by atoms with Crippen LogP contribution < -0.4 is 5.56 Å². The molecule has 17 heavy (non-hydrogen) atoms. The molecule has 0 radical (unpaired) electrons. The van der Waals surface area contributed by atoms with E-state index in [0.717, 1.165) is 4.57 Å². The van der Waals surface area contributed by atoms with Gasteiger partial charge in [-0.05, 0) is 12.1 Å². The Hall–Kier alpha value is -1.04. The quantitative estimate of drug-likeness (QED) is 0.698. The van der Waals surface area contributed by atoms with E-state index in [-0.39, 0.29) is 16.7 Å². The Balaban J connectivity index is 2.49. The van der Waals surface area contributed by atoms with Gasteiger partial charge in [-0.3, -0.25) is 9.59 Å². The highest BCUT2D eigenvalue weighted by Gasteiger charge is 2.24. The van der Waals surface area contributed by atoms with Crippen molar-refractivity contribution in [3.05, 3.63) is 32.5 Å². The van der Waals surface area contributed by atoms with Crippen LogP contribution in [0.4, 0.5) is 0 Å². The van der Waals surface area contributed by atoms with Crippen LogP contribution in [0.5, 0.6) is 0 Å². The lowest BCUT2D eigenvalue weighted by Gasteiger charge is -2.04. The minimum Gasteiger partial charge on any atom is -0.273 e. The molecule has 0 atom stereocenters. The number of halogens is 2. The predicted molar refractivity (Wildman–Crippen MR) is 67.4 cm³/mol. The van der Waals surface area contributed by atoms with Gasteiger partial charge in [0.1, 0.15) is 0 Å². The smallest absolute Gasteiger partial charge is 0.268 e. The number of carbonyl (C=O) groups is 1. The number of aromatic nitrogens is 2. The summed E-state index contributed by atoms with van der Waals surface area (Å²) in [5.41, 5.74) is 0.0661. The molecule has 0 unspecified atom stereocenters. The molecule has 4 nitrogen and oxygen atoms in total. The molecule has 0 saturated heterocycles. The Bertz CT molecular complexity index is 726. The van der Waals surface area contributed by atoms with Gasteiger partial charge in [0.2, 0.25) is 5.91 Å². The lowest BCUT2D eigenvalue weighted by atomic mass is 10.2. The average molecular weight is 287 g/mol. The Kier molecular flexibility index (Phi) is 2.43. The maximum absolute atomic E-state index is 12.1. The van der Waals surface area contributed by atoms with Crippen LogP contribution in [0.3, 0.4) is 0 Å². The van der Waals surface area contributed by atoms with Crippen molar-refractivity contribution in [1.82, 2.24) is 9.55 Å². The maximum atomic E-state index is 12.1. The van der Waals surface area contributed by atoms with Gasteiger partial charge in [-0.25, -0.2) is 9.55 Å². The fourth-order valence-electron chi connectivity index (χ4n) is 1.67. The molecule has 0 amide bonds. The van der Waals surface area contributed by atoms with Crippen LogP contribution in [0.15, 0.2) is 22.1 Å². The third kappa shape index (κ3) is 1.57. The van der Waals surface area contributed by atoms with Gasteiger partial charge in [-0.15, -0.1) is 0 Å². The van der Waals surface area contributed by atoms with Crippen LogP contribution in [0.1, 0.15) is 4.79 Å². The molecule has 1 aromatic heterocycles. The van der Waals surface area contributed by atoms with E-state index < -0.39 is 5.56 Å². The molecular formula is C10H4Cl2N2O2S. The van der Waals surface area contributed by atoms with Gasteiger partial charge in [0.05, 0.1) is 26.7 Å². The van der Waals surface area contributed by atoms with Crippen molar-refractivity contribution >= 4 is 51.8 Å². The fraction of sp³-hybridized carbons (Fsp3) is 0.100. The molecule has 1 aliphatic rings. The van der Waals surface area contributed by atoms with Crippen LogP contribution in [-0.4, -0.2) is 21.2 Å². The third-order valence-electron chi connectivity index (χ3n) is 2.45. The Morgan fingerprint density at radius 3 is 2.71 bits per heavy atom. The van der Waals surface area contributed by atoms with E-state index in [9.17, 15) is 9.59 Å². The summed E-state index contributed by atoms with van der Waals surface area (Å²) in [6.07, 6.45) is 0.